The van der Waals surface area contributed by atoms with Gasteiger partial charge in [-0.15, -0.1) is 5.10 Å². The molecule has 5 nitrogen and oxygen atoms in total. The Hall–Kier alpha value is -1.69. The topological polar surface area (TPSA) is 71.5 Å². The Kier molecular flexibility index (Phi) is 3.00. The maximum Gasteiger partial charge on any atom is 0.213 e. The summed E-state index contributed by atoms with van der Waals surface area (Å²) in [6.07, 6.45) is 1.65. The van der Waals surface area contributed by atoms with Crippen LogP contribution in [-0.4, -0.2) is 25.9 Å². The number of hydrogen-bond donors (Lipinski definition) is 1. The van der Waals surface area contributed by atoms with Crippen molar-refractivity contribution < 1.29 is 4.79 Å². The first-order chi connectivity index (χ1) is 7.65. The van der Waals surface area contributed by atoms with Crippen LogP contribution in [0, 0.1) is 6.92 Å². The summed E-state index contributed by atoms with van der Waals surface area (Å²) in [6.45, 7) is 3.34. The lowest BCUT2D eigenvalue weighted by Crippen LogP contribution is -1.95. The number of carbonyl (C=O) groups is 1. The number of H-pyrrole nitrogens is 1. The van der Waals surface area contributed by atoms with Crippen LogP contribution in [0.25, 0.3) is 0 Å². The van der Waals surface area contributed by atoms with Crippen molar-refractivity contribution in [3.05, 3.63) is 29.8 Å². The minimum absolute atomic E-state index is 0.0368. The van der Waals surface area contributed by atoms with E-state index in [1.165, 1.54) is 18.7 Å². The number of rotatable bonds is 3. The molecule has 0 aromatic carbocycles. The summed E-state index contributed by atoms with van der Waals surface area (Å²) in [7, 11) is 0. The molecule has 0 aliphatic carbocycles. The van der Waals surface area contributed by atoms with Crippen molar-refractivity contribution >= 4 is 17.5 Å². The van der Waals surface area contributed by atoms with Gasteiger partial charge in [-0.3, -0.25) is 14.9 Å². The molecule has 0 aliphatic heterocycles. The second kappa shape index (κ2) is 4.44. The Morgan fingerprint density at radius 2 is 2.25 bits per heavy atom. The molecule has 2 rings (SSSR count). The summed E-state index contributed by atoms with van der Waals surface area (Å²) in [4.78, 5) is 20.1. The van der Waals surface area contributed by atoms with Crippen LogP contribution in [0.15, 0.2) is 28.4 Å². The van der Waals surface area contributed by atoms with Gasteiger partial charge in [0.05, 0.1) is 0 Å². The molecule has 6 heteroatoms. The lowest BCUT2D eigenvalue weighted by molar-refractivity contribution is 0.101. The number of aryl methyl sites for hydroxylation is 1. The fourth-order valence-electron chi connectivity index (χ4n) is 1.12. The van der Waals surface area contributed by atoms with E-state index in [-0.39, 0.29) is 5.78 Å². The van der Waals surface area contributed by atoms with Gasteiger partial charge in [-0.1, -0.05) is 0 Å². The Morgan fingerprint density at radius 3 is 2.75 bits per heavy atom. The fourth-order valence-corrected chi connectivity index (χ4v) is 1.85. The van der Waals surface area contributed by atoms with Gasteiger partial charge < -0.3 is 0 Å². The molecule has 0 bridgehead atoms. The van der Waals surface area contributed by atoms with Crippen molar-refractivity contribution in [3.8, 4) is 0 Å². The molecule has 2 heterocycles. The van der Waals surface area contributed by atoms with Crippen LogP contribution >= 0.6 is 11.8 Å². The first-order valence-corrected chi connectivity index (χ1v) is 5.50. The van der Waals surface area contributed by atoms with Crippen LogP contribution in [0.1, 0.15) is 23.2 Å². The predicted molar refractivity (Wildman–Crippen MR) is 59.5 cm³/mol. The van der Waals surface area contributed by atoms with Crippen LogP contribution in [0.4, 0.5) is 0 Å². The minimum atomic E-state index is -0.0368. The molecule has 0 atom stereocenters. The predicted octanol–water partition coefficient (Wildman–Crippen LogP) is 1.86. The molecule has 0 amide bonds. The number of nitrogens with one attached hydrogen (secondary N) is 1. The van der Waals surface area contributed by atoms with E-state index in [0.717, 1.165) is 10.7 Å². The van der Waals surface area contributed by atoms with Gasteiger partial charge in [0.15, 0.2) is 5.78 Å². The summed E-state index contributed by atoms with van der Waals surface area (Å²) >= 11 is 1.40. The first kappa shape index (κ1) is 10.8. The molecule has 0 fully saturated rings. The van der Waals surface area contributed by atoms with Gasteiger partial charge in [0.1, 0.15) is 11.5 Å². The van der Waals surface area contributed by atoms with Gasteiger partial charge in [0.2, 0.25) is 5.16 Å². The van der Waals surface area contributed by atoms with E-state index >= 15 is 0 Å². The number of nitrogens with zero attached hydrogens (tertiary/aromatic N) is 3. The molecule has 1 N–H and O–H groups in total. The molecule has 16 heavy (non-hydrogen) atoms. The van der Waals surface area contributed by atoms with Crippen LogP contribution in [-0.2, 0) is 0 Å². The third kappa shape index (κ3) is 2.46. The Labute approximate surface area is 96.7 Å². The zero-order chi connectivity index (χ0) is 11.5. The number of ketones is 1. The normalized spacial score (nSPS) is 10.4. The average Bonchev–Trinajstić information content (AvgIpc) is 2.65. The Morgan fingerprint density at radius 1 is 1.44 bits per heavy atom. The average molecular weight is 234 g/mol. The van der Waals surface area contributed by atoms with Crippen molar-refractivity contribution in [2.24, 2.45) is 0 Å². The van der Waals surface area contributed by atoms with Gasteiger partial charge in [-0.05, 0) is 30.8 Å². The third-order valence-electron chi connectivity index (χ3n) is 1.88. The van der Waals surface area contributed by atoms with Crippen molar-refractivity contribution in [2.45, 2.75) is 23.9 Å². The van der Waals surface area contributed by atoms with Gasteiger partial charge >= 0.3 is 0 Å². The quantitative estimate of drug-likeness (QED) is 0.821. The van der Waals surface area contributed by atoms with E-state index in [2.05, 4.69) is 20.2 Å². The number of pyridine rings is 1. The van der Waals surface area contributed by atoms with Crippen LogP contribution in [0.3, 0.4) is 0 Å². The number of aromatic nitrogens is 4. The second-order valence-electron chi connectivity index (χ2n) is 3.24. The molecule has 0 aliphatic rings. The number of aromatic amines is 1. The Bertz CT molecular complexity index is 506. The molecule has 0 saturated carbocycles. The molecule has 0 radical (unpaired) electrons. The lowest BCUT2D eigenvalue weighted by Gasteiger charge is -1.97. The van der Waals surface area contributed by atoms with Crippen molar-refractivity contribution in [1.82, 2.24) is 20.2 Å². The smallest absolute Gasteiger partial charge is 0.213 e. The highest BCUT2D eigenvalue weighted by Crippen LogP contribution is 2.23. The summed E-state index contributed by atoms with van der Waals surface area (Å²) in [5.74, 6) is 0.737. The highest BCUT2D eigenvalue weighted by molar-refractivity contribution is 7.99. The van der Waals surface area contributed by atoms with Gasteiger partial charge in [-0.25, -0.2) is 4.98 Å². The van der Waals surface area contributed by atoms with E-state index in [0.29, 0.717) is 10.9 Å². The van der Waals surface area contributed by atoms with E-state index in [1.54, 1.807) is 12.3 Å². The van der Waals surface area contributed by atoms with Gasteiger partial charge in [0.25, 0.3) is 0 Å². The van der Waals surface area contributed by atoms with E-state index < -0.39 is 0 Å². The van der Waals surface area contributed by atoms with Gasteiger partial charge in [0, 0.05) is 18.0 Å². The highest BCUT2D eigenvalue weighted by Gasteiger charge is 2.04. The SMILES string of the molecule is CC(=O)c1ccc(Sc2n[nH]c(C)n2)cn1. The van der Waals surface area contributed by atoms with Gasteiger partial charge in [-0.2, -0.15) is 0 Å². The minimum Gasteiger partial charge on any atom is -0.293 e. The highest BCUT2D eigenvalue weighted by atomic mass is 32.2. The molecular formula is C10H10N4OS. The summed E-state index contributed by atoms with van der Waals surface area (Å²) in [5, 5.41) is 7.41. The maximum absolute atomic E-state index is 11.0. The van der Waals surface area contributed by atoms with Crippen LogP contribution in [0.5, 0.6) is 0 Å². The molecule has 2 aromatic rings. The number of hydrogen-bond acceptors (Lipinski definition) is 5. The molecular weight excluding hydrogens is 224 g/mol. The Balaban J connectivity index is 2.14. The fraction of sp³-hybridized carbons (Fsp3) is 0.200. The number of carbonyl (C=O) groups excluding carboxylic acids is 1. The van der Waals surface area contributed by atoms with E-state index in [1.807, 2.05) is 13.0 Å². The van der Waals surface area contributed by atoms with Crippen molar-refractivity contribution in [2.75, 3.05) is 0 Å². The monoisotopic (exact) mass is 234 g/mol. The largest absolute Gasteiger partial charge is 0.293 e. The van der Waals surface area contributed by atoms with Crippen LogP contribution in [0.2, 0.25) is 0 Å². The molecule has 82 valence electrons. The summed E-state index contributed by atoms with van der Waals surface area (Å²) in [6, 6.07) is 3.53. The molecule has 2 aromatic heterocycles. The lowest BCUT2D eigenvalue weighted by atomic mass is 10.3. The van der Waals surface area contributed by atoms with Crippen LogP contribution < -0.4 is 0 Å². The zero-order valence-corrected chi connectivity index (χ0v) is 9.71. The second-order valence-corrected chi connectivity index (χ2v) is 4.28. The van der Waals surface area contributed by atoms with E-state index in [9.17, 15) is 4.79 Å². The van der Waals surface area contributed by atoms with E-state index in [4.69, 9.17) is 0 Å². The number of Topliss-reactive ketones (excluding diaryl/α,β-unsaturated/α-hetero) is 1. The molecule has 0 unspecified atom stereocenters. The molecule has 0 saturated heterocycles. The zero-order valence-electron chi connectivity index (χ0n) is 8.89. The first-order valence-electron chi connectivity index (χ1n) is 4.69. The maximum atomic E-state index is 11.0. The third-order valence-corrected chi connectivity index (χ3v) is 2.73. The molecule has 0 spiro atoms. The van der Waals surface area contributed by atoms with Crippen molar-refractivity contribution in [1.29, 1.82) is 0 Å². The standard InChI is InChI=1S/C10H10N4OS/c1-6(15)9-4-3-8(5-11-9)16-10-12-7(2)13-14-10/h3-5H,1-2H3,(H,12,13,14). The summed E-state index contributed by atoms with van der Waals surface area (Å²) < 4.78 is 0. The van der Waals surface area contributed by atoms with Crippen molar-refractivity contribution in [3.63, 3.8) is 0 Å². The summed E-state index contributed by atoms with van der Waals surface area (Å²) in [5.41, 5.74) is 0.468.